The van der Waals surface area contributed by atoms with Gasteiger partial charge in [-0.2, -0.15) is 0 Å². The number of hydrogen-bond acceptors (Lipinski definition) is 7. The third-order valence-electron chi connectivity index (χ3n) is 4.75. The minimum Gasteiger partial charge on any atom is -0.335 e. The van der Waals surface area contributed by atoms with Crippen molar-refractivity contribution in [1.82, 2.24) is 25.1 Å². The summed E-state index contributed by atoms with van der Waals surface area (Å²) in [7, 11) is 1.65. The molecule has 28 heavy (non-hydrogen) atoms. The maximum atomic E-state index is 12.6. The molecule has 0 radical (unpaired) electrons. The Bertz CT molecular complexity index is 892. The van der Waals surface area contributed by atoms with Gasteiger partial charge in [0.05, 0.1) is 0 Å². The SMILES string of the molecule is CN1C(=O)NC(=O)C2C1N=C(Sc1ncccn1)N2CCCc1ccccc1. The molecule has 2 aromatic rings. The lowest BCUT2D eigenvalue weighted by atomic mass is 10.1. The Labute approximate surface area is 167 Å². The number of nitrogens with one attached hydrogen (secondary N) is 1. The Hall–Kier alpha value is -2.94. The number of amidine groups is 1. The van der Waals surface area contributed by atoms with E-state index in [0.717, 1.165) is 12.8 Å². The zero-order valence-corrected chi connectivity index (χ0v) is 16.2. The summed E-state index contributed by atoms with van der Waals surface area (Å²) in [5.41, 5.74) is 1.25. The fourth-order valence-corrected chi connectivity index (χ4v) is 4.21. The molecular formula is C19H20N6O2S. The number of urea groups is 1. The molecular weight excluding hydrogens is 376 g/mol. The van der Waals surface area contributed by atoms with E-state index in [9.17, 15) is 9.59 Å². The van der Waals surface area contributed by atoms with Crippen molar-refractivity contribution in [3.8, 4) is 0 Å². The average Bonchev–Trinajstić information content (AvgIpc) is 3.07. The fourth-order valence-electron chi connectivity index (χ4n) is 3.34. The Morgan fingerprint density at radius 1 is 1.11 bits per heavy atom. The number of carbonyl (C=O) groups excluding carboxylic acids is 2. The second-order valence-corrected chi connectivity index (χ2v) is 7.53. The van der Waals surface area contributed by atoms with Gasteiger partial charge in [-0.15, -0.1) is 0 Å². The molecule has 1 N–H and O–H groups in total. The van der Waals surface area contributed by atoms with Gasteiger partial charge >= 0.3 is 6.03 Å². The molecule has 8 nitrogen and oxygen atoms in total. The third-order valence-corrected chi connectivity index (χ3v) is 5.67. The number of thioether (sulfide) groups is 1. The molecule has 0 aliphatic carbocycles. The Balaban J connectivity index is 1.53. The van der Waals surface area contributed by atoms with Gasteiger partial charge in [0.15, 0.2) is 22.5 Å². The second kappa shape index (κ2) is 7.97. The monoisotopic (exact) mass is 396 g/mol. The summed E-state index contributed by atoms with van der Waals surface area (Å²) in [6.45, 7) is 0.643. The lowest BCUT2D eigenvalue weighted by Gasteiger charge is -2.36. The highest BCUT2D eigenvalue weighted by atomic mass is 32.2. The summed E-state index contributed by atoms with van der Waals surface area (Å²) < 4.78 is 0. The summed E-state index contributed by atoms with van der Waals surface area (Å²) in [5, 5.41) is 3.63. The number of aliphatic imine (C=N–C) groups is 1. The van der Waals surface area contributed by atoms with Crippen LogP contribution in [0.3, 0.4) is 0 Å². The molecule has 0 spiro atoms. The van der Waals surface area contributed by atoms with Gasteiger partial charge in [-0.05, 0) is 36.2 Å². The van der Waals surface area contributed by atoms with Gasteiger partial charge in [-0.3, -0.25) is 10.1 Å². The minimum atomic E-state index is -0.538. The van der Waals surface area contributed by atoms with Crippen LogP contribution in [0.4, 0.5) is 4.79 Å². The van der Waals surface area contributed by atoms with Crippen LogP contribution in [0.15, 0.2) is 58.9 Å². The smallest absolute Gasteiger partial charge is 0.325 e. The van der Waals surface area contributed by atoms with E-state index in [0.29, 0.717) is 16.9 Å². The van der Waals surface area contributed by atoms with Crippen molar-refractivity contribution < 1.29 is 9.59 Å². The van der Waals surface area contributed by atoms with Crippen molar-refractivity contribution in [3.63, 3.8) is 0 Å². The summed E-state index contributed by atoms with van der Waals surface area (Å²) in [4.78, 5) is 41.1. The topological polar surface area (TPSA) is 90.8 Å². The normalized spacial score (nSPS) is 21.4. The lowest BCUT2D eigenvalue weighted by Crippen LogP contribution is -2.63. The number of fused-ring (bicyclic) bond motifs is 1. The maximum Gasteiger partial charge on any atom is 0.325 e. The molecule has 2 aliphatic heterocycles. The van der Waals surface area contributed by atoms with Crippen LogP contribution in [-0.2, 0) is 11.2 Å². The van der Waals surface area contributed by atoms with Crippen LogP contribution in [0.2, 0.25) is 0 Å². The number of rotatable bonds is 5. The van der Waals surface area contributed by atoms with Gasteiger partial charge in [0.25, 0.3) is 5.91 Å². The molecule has 3 amide bonds. The van der Waals surface area contributed by atoms with Crippen molar-refractivity contribution in [3.05, 3.63) is 54.4 Å². The number of likely N-dealkylation sites (N-methyl/N-ethyl adjacent to an activating group) is 1. The van der Waals surface area contributed by atoms with Crippen molar-refractivity contribution in [2.45, 2.75) is 30.2 Å². The zero-order valence-electron chi connectivity index (χ0n) is 15.4. The molecule has 9 heteroatoms. The molecule has 1 aromatic carbocycles. The van der Waals surface area contributed by atoms with Crippen LogP contribution in [0, 0.1) is 0 Å². The van der Waals surface area contributed by atoms with Crippen LogP contribution < -0.4 is 5.32 Å². The van der Waals surface area contributed by atoms with Crippen molar-refractivity contribution >= 4 is 28.9 Å². The van der Waals surface area contributed by atoms with E-state index in [1.165, 1.54) is 22.2 Å². The van der Waals surface area contributed by atoms with Gasteiger partial charge < -0.3 is 9.80 Å². The highest BCUT2D eigenvalue weighted by Gasteiger charge is 2.48. The van der Waals surface area contributed by atoms with E-state index < -0.39 is 18.2 Å². The number of aromatic nitrogens is 2. The van der Waals surface area contributed by atoms with Crippen LogP contribution >= 0.6 is 11.8 Å². The summed E-state index contributed by atoms with van der Waals surface area (Å²) in [5.74, 6) is -0.318. The van der Waals surface area contributed by atoms with Crippen molar-refractivity contribution in [2.24, 2.45) is 4.99 Å². The van der Waals surface area contributed by atoms with Crippen LogP contribution in [0.1, 0.15) is 12.0 Å². The highest BCUT2D eigenvalue weighted by Crippen LogP contribution is 2.30. The van der Waals surface area contributed by atoms with Crippen LogP contribution in [0.5, 0.6) is 0 Å². The largest absolute Gasteiger partial charge is 0.335 e. The average molecular weight is 396 g/mol. The van der Waals surface area contributed by atoms with E-state index in [1.807, 2.05) is 23.1 Å². The third kappa shape index (κ3) is 3.70. The molecule has 144 valence electrons. The predicted octanol–water partition coefficient (Wildman–Crippen LogP) is 1.75. The van der Waals surface area contributed by atoms with Gasteiger partial charge in [0.1, 0.15) is 0 Å². The molecule has 4 rings (SSSR count). The Kier molecular flexibility index (Phi) is 5.25. The Morgan fingerprint density at radius 2 is 1.86 bits per heavy atom. The van der Waals surface area contributed by atoms with Crippen LogP contribution in [0.25, 0.3) is 0 Å². The van der Waals surface area contributed by atoms with Crippen molar-refractivity contribution in [1.29, 1.82) is 0 Å². The number of carbonyl (C=O) groups is 2. The Morgan fingerprint density at radius 3 is 2.61 bits per heavy atom. The molecule has 0 saturated carbocycles. The molecule has 1 aromatic heterocycles. The molecule has 2 atom stereocenters. The number of amides is 3. The van der Waals surface area contributed by atoms with Crippen LogP contribution in [-0.4, -0.2) is 62.7 Å². The number of benzene rings is 1. The number of imide groups is 1. The van der Waals surface area contributed by atoms with Gasteiger partial charge in [-0.25, -0.2) is 19.8 Å². The van der Waals surface area contributed by atoms with E-state index in [-0.39, 0.29) is 5.91 Å². The number of nitrogens with zero attached hydrogens (tertiary/aromatic N) is 5. The van der Waals surface area contributed by atoms with Crippen molar-refractivity contribution in [2.75, 3.05) is 13.6 Å². The quantitative estimate of drug-likeness (QED) is 0.775. The first kappa shape index (κ1) is 18.4. The zero-order chi connectivity index (χ0) is 19.5. The standard InChI is InChI=1S/C19H20N6O2S/c1-24-15-14(16(26)23-18(24)27)25(12-5-9-13-7-3-2-4-8-13)19(22-15)28-17-20-10-6-11-21-17/h2-4,6-8,10-11,14-15H,5,9,12H2,1H3,(H,23,26,27). The number of hydrogen-bond donors (Lipinski definition) is 1. The molecule has 2 unspecified atom stereocenters. The maximum absolute atomic E-state index is 12.6. The molecule has 2 aliphatic rings. The molecule has 0 bridgehead atoms. The minimum absolute atomic E-state index is 0.318. The summed E-state index contributed by atoms with van der Waals surface area (Å²) in [6, 6.07) is 11.0. The fraction of sp³-hybridized carbons (Fsp3) is 0.316. The lowest BCUT2D eigenvalue weighted by molar-refractivity contribution is -0.127. The summed E-state index contributed by atoms with van der Waals surface area (Å²) in [6.07, 6.45) is 4.54. The summed E-state index contributed by atoms with van der Waals surface area (Å²) >= 11 is 1.31. The predicted molar refractivity (Wildman–Crippen MR) is 106 cm³/mol. The first-order valence-electron chi connectivity index (χ1n) is 9.04. The molecule has 1 fully saturated rings. The van der Waals surface area contributed by atoms with Gasteiger partial charge in [0.2, 0.25) is 0 Å². The van der Waals surface area contributed by atoms with Gasteiger partial charge in [0, 0.05) is 26.0 Å². The van der Waals surface area contributed by atoms with E-state index >= 15 is 0 Å². The van der Waals surface area contributed by atoms with E-state index in [2.05, 4.69) is 32.4 Å². The van der Waals surface area contributed by atoms with E-state index in [1.54, 1.807) is 25.5 Å². The molecule has 1 saturated heterocycles. The molecule has 3 heterocycles. The first-order chi connectivity index (χ1) is 13.6. The van der Waals surface area contributed by atoms with E-state index in [4.69, 9.17) is 0 Å². The highest BCUT2D eigenvalue weighted by molar-refractivity contribution is 8.13. The van der Waals surface area contributed by atoms with Gasteiger partial charge in [-0.1, -0.05) is 30.3 Å². The number of aryl methyl sites for hydroxylation is 1. The first-order valence-corrected chi connectivity index (χ1v) is 9.86. The second-order valence-electron chi connectivity index (χ2n) is 6.59.